The average molecular weight is 327 g/mol. The Morgan fingerprint density at radius 2 is 2.29 bits per heavy atom. The molecule has 0 bridgehead atoms. The lowest BCUT2D eigenvalue weighted by Gasteiger charge is -2.04. The SMILES string of the molecule is COc1ccc(/C=C(/C#N)C(=O)NCc2ccco2)cc1[N+](=O)[O-]. The van der Waals surface area contributed by atoms with Gasteiger partial charge in [-0.25, -0.2) is 0 Å². The van der Waals surface area contributed by atoms with Gasteiger partial charge in [-0.15, -0.1) is 0 Å². The van der Waals surface area contributed by atoms with Gasteiger partial charge in [0.05, 0.1) is 24.8 Å². The van der Waals surface area contributed by atoms with Gasteiger partial charge in [0.25, 0.3) is 5.91 Å². The number of hydrogen-bond donors (Lipinski definition) is 1. The fourth-order valence-electron chi connectivity index (χ4n) is 1.93. The molecule has 1 amide bonds. The van der Waals surface area contributed by atoms with Gasteiger partial charge in [0.2, 0.25) is 0 Å². The number of carbonyl (C=O) groups excluding carboxylic acids is 1. The van der Waals surface area contributed by atoms with Gasteiger partial charge in [-0.1, -0.05) is 6.07 Å². The first-order valence-electron chi connectivity index (χ1n) is 6.80. The summed E-state index contributed by atoms with van der Waals surface area (Å²) in [5.74, 6) is 0.0334. The number of furan rings is 1. The highest BCUT2D eigenvalue weighted by molar-refractivity contribution is 6.01. The summed E-state index contributed by atoms with van der Waals surface area (Å²) >= 11 is 0. The molecule has 1 aromatic heterocycles. The molecule has 0 aliphatic heterocycles. The van der Waals surface area contributed by atoms with Crippen LogP contribution < -0.4 is 10.1 Å². The maximum absolute atomic E-state index is 12.0. The first kappa shape index (κ1) is 16.8. The predicted octanol–water partition coefficient (Wildman–Crippen LogP) is 2.42. The summed E-state index contributed by atoms with van der Waals surface area (Å²) in [5.41, 5.74) is -0.0900. The van der Waals surface area contributed by atoms with E-state index in [0.29, 0.717) is 11.3 Å². The minimum Gasteiger partial charge on any atom is -0.490 e. The number of benzene rings is 1. The Balaban J connectivity index is 2.20. The fraction of sp³-hybridized carbons (Fsp3) is 0.125. The van der Waals surface area contributed by atoms with E-state index in [1.807, 2.05) is 0 Å². The van der Waals surface area contributed by atoms with E-state index in [0.717, 1.165) is 0 Å². The topological polar surface area (TPSA) is 118 Å². The summed E-state index contributed by atoms with van der Waals surface area (Å²) in [6.07, 6.45) is 2.74. The zero-order chi connectivity index (χ0) is 17.5. The minimum atomic E-state index is -0.604. The van der Waals surface area contributed by atoms with Crippen LogP contribution in [0.3, 0.4) is 0 Å². The van der Waals surface area contributed by atoms with Gasteiger partial charge in [-0.05, 0) is 29.8 Å². The molecule has 0 unspecified atom stereocenters. The van der Waals surface area contributed by atoms with Crippen LogP contribution in [0.1, 0.15) is 11.3 Å². The molecule has 1 N–H and O–H groups in total. The molecule has 0 fully saturated rings. The molecule has 0 atom stereocenters. The largest absolute Gasteiger partial charge is 0.490 e. The number of hydrogen-bond acceptors (Lipinski definition) is 6. The summed E-state index contributed by atoms with van der Waals surface area (Å²) in [7, 11) is 1.32. The number of carbonyl (C=O) groups is 1. The number of nitro benzene ring substituents is 1. The van der Waals surface area contributed by atoms with Gasteiger partial charge in [0.1, 0.15) is 17.4 Å². The number of nitrogens with zero attached hydrogens (tertiary/aromatic N) is 2. The molecule has 0 aliphatic rings. The van der Waals surface area contributed by atoms with E-state index in [1.165, 1.54) is 37.6 Å². The fourth-order valence-corrected chi connectivity index (χ4v) is 1.93. The van der Waals surface area contributed by atoms with Gasteiger partial charge >= 0.3 is 5.69 Å². The van der Waals surface area contributed by atoms with Gasteiger partial charge in [-0.2, -0.15) is 5.26 Å². The second kappa shape index (κ2) is 7.60. The van der Waals surface area contributed by atoms with Crippen LogP contribution in [-0.4, -0.2) is 17.9 Å². The van der Waals surface area contributed by atoms with E-state index < -0.39 is 10.8 Å². The van der Waals surface area contributed by atoms with Crippen LogP contribution in [0.2, 0.25) is 0 Å². The van der Waals surface area contributed by atoms with E-state index in [-0.39, 0.29) is 23.6 Å². The normalized spacial score (nSPS) is 10.8. The van der Waals surface area contributed by atoms with Crippen LogP contribution in [0.25, 0.3) is 6.08 Å². The molecule has 0 aliphatic carbocycles. The first-order valence-corrected chi connectivity index (χ1v) is 6.80. The molecule has 24 heavy (non-hydrogen) atoms. The highest BCUT2D eigenvalue weighted by atomic mass is 16.6. The van der Waals surface area contributed by atoms with E-state index in [9.17, 15) is 14.9 Å². The molecule has 2 rings (SSSR count). The van der Waals surface area contributed by atoms with Crippen molar-refractivity contribution in [3.63, 3.8) is 0 Å². The summed E-state index contributed by atoms with van der Waals surface area (Å²) in [5, 5.41) is 22.7. The van der Waals surface area contributed by atoms with Gasteiger partial charge in [-0.3, -0.25) is 14.9 Å². The number of amides is 1. The molecule has 0 spiro atoms. The van der Waals surface area contributed by atoms with E-state index in [4.69, 9.17) is 14.4 Å². The third-order valence-electron chi connectivity index (χ3n) is 3.08. The Bertz CT molecular complexity index is 819. The van der Waals surface area contributed by atoms with Crippen molar-refractivity contribution in [1.82, 2.24) is 5.32 Å². The molecule has 122 valence electrons. The summed E-state index contributed by atoms with van der Waals surface area (Å²) < 4.78 is 9.98. The molecular formula is C16H13N3O5. The maximum Gasteiger partial charge on any atom is 0.311 e. The molecule has 2 aromatic rings. The average Bonchev–Trinajstić information content (AvgIpc) is 3.10. The van der Waals surface area contributed by atoms with Crippen molar-refractivity contribution in [2.75, 3.05) is 7.11 Å². The minimum absolute atomic E-state index is 0.0953. The van der Waals surface area contributed by atoms with Crippen molar-refractivity contribution in [2.24, 2.45) is 0 Å². The standard InChI is InChI=1S/C16H13N3O5/c1-23-15-5-4-11(8-14(15)19(21)22)7-12(9-17)16(20)18-10-13-3-2-6-24-13/h2-8H,10H2,1H3,(H,18,20)/b12-7-. The van der Waals surface area contributed by atoms with E-state index in [2.05, 4.69) is 5.32 Å². The highest BCUT2D eigenvalue weighted by Crippen LogP contribution is 2.28. The summed E-state index contributed by atoms with van der Waals surface area (Å²) in [6, 6.07) is 9.29. The van der Waals surface area contributed by atoms with Crippen LogP contribution in [0, 0.1) is 21.4 Å². The van der Waals surface area contributed by atoms with Crippen molar-refractivity contribution in [3.8, 4) is 11.8 Å². The number of nitriles is 1. The third-order valence-corrected chi connectivity index (χ3v) is 3.08. The third kappa shape index (κ3) is 3.98. The van der Waals surface area contributed by atoms with Gasteiger partial charge in [0.15, 0.2) is 5.75 Å². The summed E-state index contributed by atoms with van der Waals surface area (Å²) in [6.45, 7) is 0.133. The van der Waals surface area contributed by atoms with Crippen molar-refractivity contribution in [2.45, 2.75) is 6.54 Å². The number of rotatable bonds is 6. The van der Waals surface area contributed by atoms with Crippen molar-refractivity contribution < 1.29 is 18.9 Å². The van der Waals surface area contributed by atoms with Gasteiger partial charge < -0.3 is 14.5 Å². The number of nitro groups is 1. The lowest BCUT2D eigenvalue weighted by atomic mass is 10.1. The van der Waals surface area contributed by atoms with Crippen molar-refractivity contribution >= 4 is 17.7 Å². The van der Waals surface area contributed by atoms with Crippen LogP contribution in [0.4, 0.5) is 5.69 Å². The summed E-state index contributed by atoms with van der Waals surface area (Å²) in [4.78, 5) is 22.4. The molecule has 8 nitrogen and oxygen atoms in total. The quantitative estimate of drug-likeness (QED) is 0.377. The molecular weight excluding hydrogens is 314 g/mol. The monoisotopic (exact) mass is 327 g/mol. The molecule has 0 saturated carbocycles. The van der Waals surface area contributed by atoms with E-state index in [1.54, 1.807) is 18.2 Å². The van der Waals surface area contributed by atoms with Gasteiger partial charge in [0, 0.05) is 6.07 Å². The predicted molar refractivity (Wildman–Crippen MR) is 83.8 cm³/mol. The second-order valence-corrected chi connectivity index (χ2v) is 4.62. The Morgan fingerprint density at radius 3 is 2.88 bits per heavy atom. The molecule has 8 heteroatoms. The molecule has 0 radical (unpaired) electrons. The molecule has 1 aromatic carbocycles. The maximum atomic E-state index is 12.0. The van der Waals surface area contributed by atoms with E-state index >= 15 is 0 Å². The van der Waals surface area contributed by atoms with Crippen molar-refractivity contribution in [1.29, 1.82) is 5.26 Å². The van der Waals surface area contributed by atoms with Crippen LogP contribution in [0.5, 0.6) is 5.75 Å². The lowest BCUT2D eigenvalue weighted by molar-refractivity contribution is -0.385. The smallest absolute Gasteiger partial charge is 0.311 e. The Kier molecular flexibility index (Phi) is 5.31. The first-order chi connectivity index (χ1) is 11.5. The lowest BCUT2D eigenvalue weighted by Crippen LogP contribution is -2.23. The number of methoxy groups -OCH3 is 1. The number of nitrogens with one attached hydrogen (secondary N) is 1. The Morgan fingerprint density at radius 1 is 1.50 bits per heavy atom. The highest BCUT2D eigenvalue weighted by Gasteiger charge is 2.16. The van der Waals surface area contributed by atoms with Crippen LogP contribution in [0.15, 0.2) is 46.6 Å². The molecule has 0 saturated heterocycles. The zero-order valence-electron chi connectivity index (χ0n) is 12.7. The second-order valence-electron chi connectivity index (χ2n) is 4.62. The Hall–Kier alpha value is -3.60. The van der Waals surface area contributed by atoms with Crippen LogP contribution in [-0.2, 0) is 11.3 Å². The number of ether oxygens (including phenoxy) is 1. The molecule has 1 heterocycles. The zero-order valence-corrected chi connectivity index (χ0v) is 12.7. The Labute approximate surface area is 137 Å². The van der Waals surface area contributed by atoms with Crippen molar-refractivity contribution in [3.05, 3.63) is 63.6 Å². The van der Waals surface area contributed by atoms with Crippen LogP contribution >= 0.6 is 0 Å².